The van der Waals surface area contributed by atoms with Crippen LogP contribution in [0.25, 0.3) is 0 Å². The van der Waals surface area contributed by atoms with Crippen LogP contribution in [0, 0.1) is 0 Å². The second-order valence-electron chi connectivity index (χ2n) is 2.95. The van der Waals surface area contributed by atoms with E-state index in [1.165, 1.54) is 4.98 Å². The van der Waals surface area contributed by atoms with Crippen molar-refractivity contribution in [3.8, 4) is 5.75 Å². The highest BCUT2D eigenvalue weighted by molar-refractivity contribution is 5.76. The zero-order valence-electron chi connectivity index (χ0n) is 8.15. The van der Waals surface area contributed by atoms with Gasteiger partial charge in [-0.15, -0.1) is 13.2 Å². The lowest BCUT2D eigenvalue weighted by Crippen LogP contribution is -2.25. The van der Waals surface area contributed by atoms with Gasteiger partial charge >= 0.3 is 12.5 Å². The second kappa shape index (κ2) is 4.35. The molecule has 4 nitrogen and oxygen atoms in total. The van der Waals surface area contributed by atoms with Gasteiger partial charge in [-0.05, 0) is 0 Å². The minimum atomic E-state index is -5.29. The number of carbonyl (C=O) groups excluding carboxylic acids is 1. The Morgan fingerprint density at radius 1 is 1.17 bits per heavy atom. The molecule has 0 amide bonds. The molecule has 18 heavy (non-hydrogen) atoms. The Hall–Kier alpha value is -2.00. The van der Waals surface area contributed by atoms with E-state index in [4.69, 9.17) is 0 Å². The van der Waals surface area contributed by atoms with Crippen LogP contribution in [0.15, 0.2) is 10.9 Å². The van der Waals surface area contributed by atoms with Crippen molar-refractivity contribution in [3.05, 3.63) is 27.7 Å². The molecule has 0 aromatic carbocycles. The highest BCUT2D eigenvalue weighted by atomic mass is 19.4. The third-order valence-corrected chi connectivity index (χ3v) is 1.68. The molecule has 0 radical (unpaired) electrons. The quantitative estimate of drug-likeness (QED) is 0.664. The van der Waals surface area contributed by atoms with Crippen LogP contribution in [0.4, 0.5) is 26.3 Å². The van der Waals surface area contributed by atoms with Crippen LogP contribution >= 0.6 is 0 Å². The Labute approximate surface area is 94.2 Å². The van der Waals surface area contributed by atoms with Crippen molar-refractivity contribution in [2.24, 2.45) is 0 Å². The molecule has 0 saturated carbocycles. The molecule has 0 aliphatic carbocycles. The maximum Gasteiger partial charge on any atom is 0.573 e. The van der Waals surface area contributed by atoms with Gasteiger partial charge < -0.3 is 9.72 Å². The number of aromatic amines is 1. The van der Waals surface area contributed by atoms with Crippen molar-refractivity contribution in [2.75, 3.05) is 0 Å². The highest BCUT2D eigenvalue weighted by Crippen LogP contribution is 2.31. The van der Waals surface area contributed by atoms with Gasteiger partial charge in [-0.1, -0.05) is 0 Å². The predicted octanol–water partition coefficient (Wildman–Crippen LogP) is 2.10. The number of hydrogen-bond donors (Lipinski definition) is 1. The Morgan fingerprint density at radius 3 is 2.11 bits per heavy atom. The number of aromatic nitrogens is 1. The summed E-state index contributed by atoms with van der Waals surface area (Å²) in [7, 11) is 0. The summed E-state index contributed by atoms with van der Waals surface area (Å²) >= 11 is 0. The second-order valence-corrected chi connectivity index (χ2v) is 2.95. The number of alkyl halides is 6. The van der Waals surface area contributed by atoms with Crippen molar-refractivity contribution in [1.82, 2.24) is 4.98 Å². The number of ether oxygens (including phenoxy) is 1. The maximum absolute atomic E-state index is 12.3. The minimum Gasteiger partial charge on any atom is -0.403 e. The Morgan fingerprint density at radius 2 is 1.72 bits per heavy atom. The zero-order chi connectivity index (χ0) is 14.1. The molecule has 0 aliphatic rings. The lowest BCUT2D eigenvalue weighted by Gasteiger charge is -2.12. The summed E-state index contributed by atoms with van der Waals surface area (Å²) in [5.41, 5.74) is -4.67. The summed E-state index contributed by atoms with van der Waals surface area (Å²) in [5, 5.41) is 0. The first kappa shape index (κ1) is 14.1. The van der Waals surface area contributed by atoms with Gasteiger partial charge in [0.1, 0.15) is 11.3 Å². The molecule has 1 rings (SSSR count). The standard InChI is InChI=1S/C8H3F6NO3/c9-7(10,11)3-1-5(18-8(12,13)14)4(2-16)15-6(3)17/h1-2H,(H,15,17). The molecule has 0 saturated heterocycles. The van der Waals surface area contributed by atoms with E-state index in [-0.39, 0.29) is 12.4 Å². The first-order chi connectivity index (χ1) is 8.04. The Kier molecular flexibility index (Phi) is 3.40. The smallest absolute Gasteiger partial charge is 0.403 e. The van der Waals surface area contributed by atoms with Gasteiger partial charge in [-0.3, -0.25) is 9.59 Å². The fourth-order valence-corrected chi connectivity index (χ4v) is 1.03. The van der Waals surface area contributed by atoms with E-state index in [0.717, 1.165) is 0 Å². The molecule has 0 fully saturated rings. The monoisotopic (exact) mass is 275 g/mol. The van der Waals surface area contributed by atoms with E-state index in [1.54, 1.807) is 0 Å². The van der Waals surface area contributed by atoms with Gasteiger partial charge in [0.15, 0.2) is 12.0 Å². The van der Waals surface area contributed by atoms with E-state index >= 15 is 0 Å². The van der Waals surface area contributed by atoms with Crippen LogP contribution in [-0.4, -0.2) is 17.6 Å². The fourth-order valence-electron chi connectivity index (χ4n) is 1.03. The summed E-state index contributed by atoms with van der Waals surface area (Å²) in [6, 6.07) is -0.184. The van der Waals surface area contributed by atoms with Gasteiger partial charge in [-0.2, -0.15) is 13.2 Å². The average Bonchev–Trinajstić information content (AvgIpc) is 2.16. The topological polar surface area (TPSA) is 59.2 Å². The van der Waals surface area contributed by atoms with Gasteiger partial charge in [-0.25, -0.2) is 0 Å². The number of halogens is 6. The fraction of sp³-hybridized carbons (Fsp3) is 0.250. The molecule has 0 atom stereocenters. The summed E-state index contributed by atoms with van der Waals surface area (Å²) in [5.74, 6) is -1.43. The molecule has 0 unspecified atom stereocenters. The van der Waals surface area contributed by atoms with Crippen molar-refractivity contribution in [1.29, 1.82) is 0 Å². The highest BCUT2D eigenvalue weighted by Gasteiger charge is 2.38. The third-order valence-electron chi connectivity index (χ3n) is 1.68. The molecule has 0 spiro atoms. The number of pyridine rings is 1. The van der Waals surface area contributed by atoms with Gasteiger partial charge in [0, 0.05) is 6.07 Å². The number of aldehydes is 1. The molecule has 1 N–H and O–H groups in total. The SMILES string of the molecule is O=Cc1[nH]c(=O)c(C(F)(F)F)cc1OC(F)(F)F. The third kappa shape index (κ3) is 3.25. The number of hydrogen-bond acceptors (Lipinski definition) is 3. The lowest BCUT2D eigenvalue weighted by atomic mass is 10.2. The predicted molar refractivity (Wildman–Crippen MR) is 44.1 cm³/mol. The summed E-state index contributed by atoms with van der Waals surface area (Å²) in [6.45, 7) is 0. The molecular formula is C8H3F6NO3. The largest absolute Gasteiger partial charge is 0.573 e. The molecule has 1 aromatic heterocycles. The molecule has 0 aliphatic heterocycles. The van der Waals surface area contributed by atoms with Crippen molar-refractivity contribution >= 4 is 6.29 Å². The zero-order valence-corrected chi connectivity index (χ0v) is 8.15. The molecule has 1 heterocycles. The van der Waals surface area contributed by atoms with Crippen LogP contribution in [0.2, 0.25) is 0 Å². The first-order valence-electron chi connectivity index (χ1n) is 4.10. The van der Waals surface area contributed by atoms with E-state index in [0.29, 0.717) is 0 Å². The van der Waals surface area contributed by atoms with E-state index in [1.807, 2.05) is 0 Å². The van der Waals surface area contributed by atoms with Crippen LogP contribution < -0.4 is 10.3 Å². The Balaban J connectivity index is 3.41. The molecule has 10 heteroatoms. The number of nitrogens with one attached hydrogen (secondary N) is 1. The summed E-state index contributed by atoms with van der Waals surface area (Å²) < 4.78 is 75.6. The van der Waals surface area contributed by atoms with Crippen LogP contribution in [0.3, 0.4) is 0 Å². The lowest BCUT2D eigenvalue weighted by molar-refractivity contribution is -0.275. The number of rotatable bonds is 2. The van der Waals surface area contributed by atoms with Gasteiger partial charge in [0.25, 0.3) is 5.56 Å². The van der Waals surface area contributed by atoms with Crippen LogP contribution in [0.1, 0.15) is 16.1 Å². The Bertz CT molecular complexity index is 515. The number of carbonyl (C=O) groups is 1. The van der Waals surface area contributed by atoms with E-state index in [2.05, 4.69) is 4.74 Å². The molecule has 0 bridgehead atoms. The van der Waals surface area contributed by atoms with Crippen molar-refractivity contribution in [2.45, 2.75) is 12.5 Å². The number of H-pyrrole nitrogens is 1. The van der Waals surface area contributed by atoms with Crippen molar-refractivity contribution < 1.29 is 35.9 Å². The van der Waals surface area contributed by atoms with Gasteiger partial charge in [0.05, 0.1) is 0 Å². The van der Waals surface area contributed by atoms with Gasteiger partial charge in [0.2, 0.25) is 0 Å². The minimum absolute atomic E-state index is 0.184. The maximum atomic E-state index is 12.3. The molecular weight excluding hydrogens is 272 g/mol. The van der Waals surface area contributed by atoms with E-state index < -0.39 is 35.1 Å². The van der Waals surface area contributed by atoms with Crippen molar-refractivity contribution in [3.63, 3.8) is 0 Å². The summed E-state index contributed by atoms with van der Waals surface area (Å²) in [6.07, 6.45) is -10.7. The molecule has 1 aromatic rings. The first-order valence-corrected chi connectivity index (χ1v) is 4.10. The average molecular weight is 275 g/mol. The van der Waals surface area contributed by atoms with E-state index in [9.17, 15) is 35.9 Å². The summed E-state index contributed by atoms with van der Waals surface area (Å²) in [4.78, 5) is 22.6. The van der Waals surface area contributed by atoms with Crippen LogP contribution in [-0.2, 0) is 6.18 Å². The normalized spacial score (nSPS) is 12.3. The van der Waals surface area contributed by atoms with Crippen LogP contribution in [0.5, 0.6) is 5.75 Å². The molecule has 100 valence electrons.